The summed E-state index contributed by atoms with van der Waals surface area (Å²) in [7, 11) is 0. The Labute approximate surface area is 103 Å². The summed E-state index contributed by atoms with van der Waals surface area (Å²) in [6.07, 6.45) is 0. The number of amides is 1. The first-order chi connectivity index (χ1) is 7.29. The molecule has 0 aliphatic carbocycles. The van der Waals surface area contributed by atoms with Gasteiger partial charge in [0.1, 0.15) is 10.9 Å². The molecule has 0 unspecified atom stereocenters. The lowest BCUT2D eigenvalue weighted by Crippen LogP contribution is -2.33. The van der Waals surface area contributed by atoms with Crippen LogP contribution in [0.1, 0.15) is 29.1 Å². The van der Waals surface area contributed by atoms with Crippen LogP contribution in [-0.2, 0) is 4.84 Å². The van der Waals surface area contributed by atoms with Gasteiger partial charge in [-0.15, -0.1) is 11.3 Å². The molecule has 4 nitrogen and oxygen atoms in total. The highest BCUT2D eigenvalue weighted by molar-refractivity contribution is 7.16. The number of rotatable bonds is 4. The van der Waals surface area contributed by atoms with E-state index in [1.54, 1.807) is 19.9 Å². The molecule has 0 aliphatic heterocycles. The minimum Gasteiger partial charge on any atom is -0.388 e. The summed E-state index contributed by atoms with van der Waals surface area (Å²) >= 11 is 7.20. The third kappa shape index (κ3) is 4.09. The molecule has 90 valence electrons. The molecular formula is C10H14ClNO3S. The van der Waals surface area contributed by atoms with Crippen LogP contribution in [0.25, 0.3) is 0 Å². The van der Waals surface area contributed by atoms with E-state index in [9.17, 15) is 9.90 Å². The molecule has 0 aliphatic rings. The average Bonchev–Trinajstić information content (AvgIpc) is 2.43. The highest BCUT2D eigenvalue weighted by Gasteiger charge is 2.16. The lowest BCUT2D eigenvalue weighted by atomic mass is 10.2. The van der Waals surface area contributed by atoms with Gasteiger partial charge in [-0.25, -0.2) is 5.48 Å². The van der Waals surface area contributed by atoms with Crippen LogP contribution in [0.5, 0.6) is 0 Å². The zero-order valence-electron chi connectivity index (χ0n) is 9.33. The van der Waals surface area contributed by atoms with E-state index >= 15 is 0 Å². The Kier molecular flexibility index (Phi) is 4.32. The van der Waals surface area contributed by atoms with Crippen LogP contribution in [-0.4, -0.2) is 23.2 Å². The number of hydroxylamine groups is 1. The quantitative estimate of drug-likeness (QED) is 0.819. The Morgan fingerprint density at radius 2 is 2.31 bits per heavy atom. The van der Waals surface area contributed by atoms with Crippen LogP contribution in [0.4, 0.5) is 0 Å². The van der Waals surface area contributed by atoms with Crippen molar-refractivity contribution in [3.05, 3.63) is 20.8 Å². The van der Waals surface area contributed by atoms with Crippen LogP contribution in [0, 0.1) is 6.92 Å². The van der Waals surface area contributed by atoms with E-state index in [0.717, 1.165) is 4.88 Å². The van der Waals surface area contributed by atoms with Gasteiger partial charge in [-0.05, 0) is 26.8 Å². The number of hydrogen-bond donors (Lipinski definition) is 2. The lowest BCUT2D eigenvalue weighted by molar-refractivity contribution is -0.0522. The number of aliphatic hydroxyl groups is 1. The SMILES string of the molecule is Cc1cc(C(=O)NOCC(C)(C)O)c(Cl)s1. The maximum atomic E-state index is 11.6. The first-order valence-corrected chi connectivity index (χ1v) is 5.89. The van der Waals surface area contributed by atoms with Crippen LogP contribution >= 0.6 is 22.9 Å². The van der Waals surface area contributed by atoms with Gasteiger partial charge in [-0.2, -0.15) is 0 Å². The zero-order valence-corrected chi connectivity index (χ0v) is 10.9. The predicted octanol–water partition coefficient (Wildman–Crippen LogP) is 2.14. The molecule has 0 aromatic carbocycles. The molecule has 1 rings (SSSR count). The molecule has 0 bridgehead atoms. The summed E-state index contributed by atoms with van der Waals surface area (Å²) in [5, 5.41) is 9.36. The fraction of sp³-hybridized carbons (Fsp3) is 0.500. The Balaban J connectivity index is 2.51. The smallest absolute Gasteiger partial charge is 0.277 e. The normalized spacial score (nSPS) is 11.6. The maximum Gasteiger partial charge on any atom is 0.277 e. The van der Waals surface area contributed by atoms with E-state index in [0.29, 0.717) is 9.90 Å². The Morgan fingerprint density at radius 1 is 1.69 bits per heavy atom. The molecule has 0 saturated carbocycles. The maximum absolute atomic E-state index is 11.6. The Hall–Kier alpha value is -0.620. The van der Waals surface area contributed by atoms with Crippen LogP contribution in [0.3, 0.4) is 0 Å². The molecular weight excluding hydrogens is 250 g/mol. The van der Waals surface area contributed by atoms with Gasteiger partial charge in [-0.3, -0.25) is 9.63 Å². The molecule has 0 saturated heterocycles. The minimum absolute atomic E-state index is 0.0134. The minimum atomic E-state index is -0.984. The molecule has 0 fully saturated rings. The first-order valence-electron chi connectivity index (χ1n) is 4.70. The second-order valence-corrected chi connectivity index (χ2v) is 5.94. The van der Waals surface area contributed by atoms with Gasteiger partial charge in [0.15, 0.2) is 0 Å². The standard InChI is InChI=1S/C10H14ClNO3S/c1-6-4-7(8(11)16-6)9(13)12-15-5-10(2,3)14/h4,14H,5H2,1-3H3,(H,12,13). The predicted molar refractivity (Wildman–Crippen MR) is 63.8 cm³/mol. The van der Waals surface area contributed by atoms with Crippen molar-refractivity contribution in [1.29, 1.82) is 0 Å². The summed E-state index contributed by atoms with van der Waals surface area (Å²) in [6.45, 7) is 5.05. The van der Waals surface area contributed by atoms with Crippen molar-refractivity contribution in [1.82, 2.24) is 5.48 Å². The third-order valence-corrected chi connectivity index (χ3v) is 2.92. The molecule has 1 amide bonds. The van der Waals surface area contributed by atoms with Crippen molar-refractivity contribution in [2.75, 3.05) is 6.61 Å². The van der Waals surface area contributed by atoms with E-state index in [1.807, 2.05) is 6.92 Å². The van der Waals surface area contributed by atoms with Gasteiger partial charge in [0.05, 0.1) is 11.2 Å². The molecule has 1 aromatic rings. The van der Waals surface area contributed by atoms with Crippen molar-refractivity contribution >= 4 is 28.8 Å². The van der Waals surface area contributed by atoms with Crippen LogP contribution < -0.4 is 5.48 Å². The number of nitrogens with one attached hydrogen (secondary N) is 1. The van der Waals surface area contributed by atoms with E-state index in [-0.39, 0.29) is 6.61 Å². The number of thiophene rings is 1. The van der Waals surface area contributed by atoms with Gasteiger partial charge in [0.25, 0.3) is 5.91 Å². The van der Waals surface area contributed by atoms with E-state index in [2.05, 4.69) is 5.48 Å². The summed E-state index contributed by atoms with van der Waals surface area (Å²) < 4.78 is 0.432. The first kappa shape index (κ1) is 13.4. The summed E-state index contributed by atoms with van der Waals surface area (Å²) in [4.78, 5) is 17.4. The van der Waals surface area contributed by atoms with E-state index in [4.69, 9.17) is 16.4 Å². The van der Waals surface area contributed by atoms with Gasteiger partial charge in [-0.1, -0.05) is 11.6 Å². The van der Waals surface area contributed by atoms with Gasteiger partial charge >= 0.3 is 0 Å². The van der Waals surface area contributed by atoms with Gasteiger partial charge in [0, 0.05) is 4.88 Å². The molecule has 1 aromatic heterocycles. The average molecular weight is 264 g/mol. The fourth-order valence-electron chi connectivity index (χ4n) is 0.974. The molecule has 6 heteroatoms. The van der Waals surface area contributed by atoms with Crippen molar-refractivity contribution in [2.24, 2.45) is 0 Å². The lowest BCUT2D eigenvalue weighted by Gasteiger charge is -2.16. The highest BCUT2D eigenvalue weighted by atomic mass is 35.5. The van der Waals surface area contributed by atoms with Crippen molar-refractivity contribution in [2.45, 2.75) is 26.4 Å². The number of carbonyl (C=O) groups excluding carboxylic acids is 1. The molecule has 1 heterocycles. The number of hydrogen-bond acceptors (Lipinski definition) is 4. The number of aryl methyl sites for hydroxylation is 1. The molecule has 0 radical (unpaired) electrons. The van der Waals surface area contributed by atoms with Gasteiger partial charge < -0.3 is 5.11 Å². The fourth-order valence-corrected chi connectivity index (χ4v) is 2.20. The largest absolute Gasteiger partial charge is 0.388 e. The summed E-state index contributed by atoms with van der Waals surface area (Å²) in [5.74, 6) is -0.404. The van der Waals surface area contributed by atoms with E-state index < -0.39 is 11.5 Å². The molecule has 0 spiro atoms. The van der Waals surface area contributed by atoms with Gasteiger partial charge in [0.2, 0.25) is 0 Å². The second-order valence-electron chi connectivity index (χ2n) is 4.08. The van der Waals surface area contributed by atoms with Crippen LogP contribution in [0.2, 0.25) is 4.34 Å². The monoisotopic (exact) mass is 263 g/mol. The Bertz CT molecular complexity index is 384. The highest BCUT2D eigenvalue weighted by Crippen LogP contribution is 2.26. The summed E-state index contributed by atoms with van der Waals surface area (Å²) in [5.41, 5.74) is 1.64. The van der Waals surface area contributed by atoms with Crippen molar-refractivity contribution < 1.29 is 14.7 Å². The summed E-state index contributed by atoms with van der Waals surface area (Å²) in [6, 6.07) is 1.69. The third-order valence-electron chi connectivity index (χ3n) is 1.64. The van der Waals surface area contributed by atoms with Crippen LogP contribution in [0.15, 0.2) is 6.07 Å². The second kappa shape index (κ2) is 5.14. The molecule has 16 heavy (non-hydrogen) atoms. The topological polar surface area (TPSA) is 58.6 Å². The number of carbonyl (C=O) groups is 1. The van der Waals surface area contributed by atoms with E-state index in [1.165, 1.54) is 11.3 Å². The number of halogens is 1. The van der Waals surface area contributed by atoms with Crippen molar-refractivity contribution in [3.63, 3.8) is 0 Å². The molecule has 2 N–H and O–H groups in total. The molecule has 0 atom stereocenters. The zero-order chi connectivity index (χ0) is 12.3. The Morgan fingerprint density at radius 3 is 2.75 bits per heavy atom. The van der Waals surface area contributed by atoms with Crippen molar-refractivity contribution in [3.8, 4) is 0 Å².